The molecule has 3 aromatic rings. The van der Waals surface area contributed by atoms with E-state index < -0.39 is 0 Å². The summed E-state index contributed by atoms with van der Waals surface area (Å²) < 4.78 is 21.2. The van der Waals surface area contributed by atoms with Crippen LogP contribution in [0.1, 0.15) is 36.8 Å². The molecule has 3 aliphatic rings. The molecule has 1 saturated heterocycles. The summed E-state index contributed by atoms with van der Waals surface area (Å²) in [5.74, 6) is 0.0157. The number of ether oxygens (including phenoxy) is 1. The molecule has 2 heterocycles. The number of hydrogen-bond acceptors (Lipinski definition) is 6. The molecule has 0 radical (unpaired) electrons. The summed E-state index contributed by atoms with van der Waals surface area (Å²) in [7, 11) is 1.51. The minimum absolute atomic E-state index is 0.176. The third-order valence-electron chi connectivity index (χ3n) is 8.24. The second-order valence-electron chi connectivity index (χ2n) is 10.2. The number of methoxy groups -OCH3 is 1. The molecule has 0 unspecified atom stereocenters. The number of hydrogen-bond donors (Lipinski definition) is 0. The van der Waals surface area contributed by atoms with E-state index in [1.165, 1.54) is 43.2 Å². The van der Waals surface area contributed by atoms with Crippen molar-refractivity contribution in [3.8, 4) is 23.2 Å². The molecule has 8 heteroatoms. The number of halogens is 1. The predicted molar refractivity (Wildman–Crippen MR) is 139 cm³/mol. The van der Waals surface area contributed by atoms with E-state index in [2.05, 4.69) is 28.7 Å². The van der Waals surface area contributed by atoms with Crippen molar-refractivity contribution in [1.29, 1.82) is 5.26 Å². The molecule has 2 aromatic carbocycles. The zero-order valence-corrected chi connectivity index (χ0v) is 20.8. The number of amides is 1. The van der Waals surface area contributed by atoms with Crippen molar-refractivity contribution in [2.75, 3.05) is 31.6 Å². The fourth-order valence-corrected chi connectivity index (χ4v) is 6.16. The summed E-state index contributed by atoms with van der Waals surface area (Å²) in [5, 5.41) is 9.93. The van der Waals surface area contributed by atoms with Gasteiger partial charge in [0.1, 0.15) is 11.6 Å². The summed E-state index contributed by atoms with van der Waals surface area (Å²) in [6.45, 7) is 4.86. The molecule has 188 valence electrons. The smallest absolute Gasteiger partial charge is 0.318 e. The average Bonchev–Trinajstić information content (AvgIpc) is 3.62. The zero-order valence-electron chi connectivity index (χ0n) is 20.8. The lowest BCUT2D eigenvalue weighted by Crippen LogP contribution is -2.55. The first kappa shape index (κ1) is 23.4. The van der Waals surface area contributed by atoms with E-state index in [1.54, 1.807) is 11.0 Å². The highest BCUT2D eigenvalue weighted by Crippen LogP contribution is 2.58. The first-order valence-electron chi connectivity index (χ1n) is 12.7. The van der Waals surface area contributed by atoms with Crippen LogP contribution in [0.3, 0.4) is 0 Å². The van der Waals surface area contributed by atoms with Gasteiger partial charge in [-0.05, 0) is 66.0 Å². The lowest BCUT2D eigenvalue weighted by Gasteiger charge is -2.41. The fourth-order valence-electron chi connectivity index (χ4n) is 6.16. The number of benzene rings is 2. The predicted octanol–water partition coefficient (Wildman–Crippen LogP) is 4.54. The molecule has 37 heavy (non-hydrogen) atoms. The molecule has 6 rings (SSSR count). The summed E-state index contributed by atoms with van der Waals surface area (Å²) >= 11 is 0. The van der Waals surface area contributed by atoms with E-state index in [9.17, 15) is 10.1 Å². The lowest BCUT2D eigenvalue weighted by atomic mass is 9.92. The molecule has 1 spiro atoms. The fraction of sp³-hybridized carbons (Fsp3) is 0.379. The Morgan fingerprint density at radius 3 is 2.84 bits per heavy atom. The molecule has 1 aromatic heterocycles. The second kappa shape index (κ2) is 8.84. The zero-order chi connectivity index (χ0) is 25.7. The highest BCUT2D eigenvalue weighted by Gasteiger charge is 2.49. The van der Waals surface area contributed by atoms with Crippen LogP contribution in [0.2, 0.25) is 0 Å². The highest BCUT2D eigenvalue weighted by atomic mass is 19.1. The molecule has 2 aliphatic carbocycles. The van der Waals surface area contributed by atoms with Crippen LogP contribution in [0.4, 0.5) is 10.2 Å². The minimum Gasteiger partial charge on any atom is -0.467 e. The average molecular weight is 498 g/mol. The SMILES string of the molecule is C=CC(=O)N1CCN(c2nc(OC)nc3cc(-c4cccc5c4CCC54CC4)c(F)cc23)C[C@@H]1CC#N. The van der Waals surface area contributed by atoms with Crippen LogP contribution in [0, 0.1) is 17.1 Å². The van der Waals surface area contributed by atoms with Crippen molar-refractivity contribution < 1.29 is 13.9 Å². The maximum absolute atomic E-state index is 15.8. The number of fused-ring (bicyclic) bond motifs is 3. The normalized spacial score (nSPS) is 19.5. The molecule has 0 N–H and O–H groups in total. The summed E-state index contributed by atoms with van der Waals surface area (Å²) in [4.78, 5) is 25.1. The van der Waals surface area contributed by atoms with E-state index in [0.29, 0.717) is 47.3 Å². The standard InChI is InChI=1S/C29H28FN5O2/c1-3-26(36)35-14-13-34(17-18(35)8-12-31)27-22-15-24(30)21(16-25(22)32-28(33-27)37-2)19-5-4-6-23-20(19)7-9-29(23)10-11-29/h3-6,15-16,18H,1,7-11,13-14,17H2,2H3/t18-/m0/s1. The number of carbonyl (C=O) groups is 1. The molecule has 2 fully saturated rings. The first-order valence-corrected chi connectivity index (χ1v) is 12.7. The maximum atomic E-state index is 15.8. The van der Waals surface area contributed by atoms with Crippen molar-refractivity contribution in [3.05, 3.63) is 59.9 Å². The number of nitriles is 1. The van der Waals surface area contributed by atoms with Gasteiger partial charge in [-0.2, -0.15) is 15.2 Å². The molecule has 1 saturated carbocycles. The Balaban J connectivity index is 1.43. The largest absolute Gasteiger partial charge is 0.467 e. The topological polar surface area (TPSA) is 82.3 Å². The van der Waals surface area contributed by atoms with Gasteiger partial charge in [-0.25, -0.2) is 4.39 Å². The molecule has 7 nitrogen and oxygen atoms in total. The third kappa shape index (κ3) is 3.81. The minimum atomic E-state index is -0.328. The van der Waals surface area contributed by atoms with E-state index in [0.717, 1.165) is 18.4 Å². The third-order valence-corrected chi connectivity index (χ3v) is 8.24. The molecule has 1 aliphatic heterocycles. The number of carbonyl (C=O) groups excluding carboxylic acids is 1. The molecular formula is C29H28FN5O2. The first-order chi connectivity index (χ1) is 18.0. The quantitative estimate of drug-likeness (QED) is 0.482. The number of nitrogens with zero attached hydrogens (tertiary/aromatic N) is 5. The van der Waals surface area contributed by atoms with Crippen LogP contribution in [-0.2, 0) is 16.6 Å². The Morgan fingerprint density at radius 2 is 2.11 bits per heavy atom. The van der Waals surface area contributed by atoms with Gasteiger partial charge in [-0.15, -0.1) is 0 Å². The van der Waals surface area contributed by atoms with E-state index in [1.807, 2.05) is 17.0 Å². The van der Waals surface area contributed by atoms with Gasteiger partial charge in [0.05, 0.1) is 31.2 Å². The highest BCUT2D eigenvalue weighted by molar-refractivity contribution is 5.94. The van der Waals surface area contributed by atoms with Gasteiger partial charge < -0.3 is 14.5 Å². The second-order valence-corrected chi connectivity index (χ2v) is 10.2. The Bertz CT molecular complexity index is 1480. The Hall–Kier alpha value is -3.99. The Morgan fingerprint density at radius 1 is 1.27 bits per heavy atom. The van der Waals surface area contributed by atoms with Crippen LogP contribution in [-0.4, -0.2) is 53.6 Å². The molecule has 0 bridgehead atoms. The summed E-state index contributed by atoms with van der Waals surface area (Å²) in [5.41, 5.74) is 5.01. The van der Waals surface area contributed by atoms with Crippen molar-refractivity contribution >= 4 is 22.6 Å². The lowest BCUT2D eigenvalue weighted by molar-refractivity contribution is -0.128. The van der Waals surface area contributed by atoms with Crippen LogP contribution in [0.5, 0.6) is 6.01 Å². The van der Waals surface area contributed by atoms with Crippen LogP contribution < -0.4 is 9.64 Å². The maximum Gasteiger partial charge on any atom is 0.318 e. The van der Waals surface area contributed by atoms with Crippen molar-refractivity contribution in [2.24, 2.45) is 0 Å². The van der Waals surface area contributed by atoms with Gasteiger partial charge in [0, 0.05) is 30.6 Å². The number of aromatic nitrogens is 2. The molecular weight excluding hydrogens is 469 g/mol. The Labute approximate surface area is 215 Å². The van der Waals surface area contributed by atoms with Gasteiger partial charge >= 0.3 is 6.01 Å². The molecule has 1 amide bonds. The van der Waals surface area contributed by atoms with E-state index >= 15 is 4.39 Å². The van der Waals surface area contributed by atoms with Crippen molar-refractivity contribution in [3.63, 3.8) is 0 Å². The van der Waals surface area contributed by atoms with Crippen LogP contribution in [0.25, 0.3) is 22.0 Å². The summed E-state index contributed by atoms with van der Waals surface area (Å²) in [6.07, 6.45) is 5.99. The van der Waals surface area contributed by atoms with Gasteiger partial charge in [0.15, 0.2) is 0 Å². The van der Waals surface area contributed by atoms with Gasteiger partial charge in [-0.3, -0.25) is 4.79 Å². The molecule has 1 atom stereocenters. The van der Waals surface area contributed by atoms with Gasteiger partial charge in [0.25, 0.3) is 0 Å². The monoisotopic (exact) mass is 497 g/mol. The van der Waals surface area contributed by atoms with E-state index in [4.69, 9.17) is 4.74 Å². The Kier molecular flexibility index (Phi) is 5.59. The van der Waals surface area contributed by atoms with Crippen molar-refractivity contribution in [2.45, 2.75) is 43.6 Å². The van der Waals surface area contributed by atoms with Crippen molar-refractivity contribution in [1.82, 2.24) is 14.9 Å². The van der Waals surface area contributed by atoms with E-state index in [-0.39, 0.29) is 30.2 Å². The van der Waals surface area contributed by atoms with Gasteiger partial charge in [0.2, 0.25) is 5.91 Å². The van der Waals surface area contributed by atoms with Crippen LogP contribution >= 0.6 is 0 Å². The van der Waals surface area contributed by atoms with Crippen LogP contribution in [0.15, 0.2) is 43.0 Å². The number of rotatable bonds is 5. The number of anilines is 1. The summed E-state index contributed by atoms with van der Waals surface area (Å²) in [6, 6.07) is 11.6. The number of piperazine rings is 1. The van der Waals surface area contributed by atoms with Gasteiger partial charge in [-0.1, -0.05) is 24.8 Å².